The molecule has 2 heterocycles. The molecule has 0 aliphatic carbocycles. The van der Waals surface area contributed by atoms with E-state index in [0.29, 0.717) is 23.7 Å². The maximum atomic E-state index is 13.2. The number of nitriles is 1. The smallest absolute Gasteiger partial charge is 0.271 e. The number of imide groups is 1. The van der Waals surface area contributed by atoms with E-state index >= 15 is 0 Å². The van der Waals surface area contributed by atoms with E-state index in [2.05, 4.69) is 0 Å². The largest absolute Gasteiger partial charge is 0.493 e. The van der Waals surface area contributed by atoms with E-state index in [1.54, 1.807) is 24.3 Å². The molecule has 158 valence electrons. The van der Waals surface area contributed by atoms with E-state index in [1.165, 1.54) is 14.0 Å². The number of carbonyl (C=O) groups excluding carboxylic acids is 2. The third-order valence-corrected chi connectivity index (χ3v) is 6.90. The molecule has 1 aromatic rings. The summed E-state index contributed by atoms with van der Waals surface area (Å²) in [7, 11) is -1.82. The number of rotatable bonds is 5. The van der Waals surface area contributed by atoms with Crippen molar-refractivity contribution in [3.05, 3.63) is 40.5 Å². The molecule has 0 bridgehead atoms. The Labute approximate surface area is 175 Å². The normalized spacial score (nSPS) is 22.4. The van der Waals surface area contributed by atoms with Gasteiger partial charge in [0.1, 0.15) is 11.6 Å². The molecular formula is C21H22N2O6S. The molecule has 0 saturated carbocycles. The second-order valence-electron chi connectivity index (χ2n) is 7.05. The van der Waals surface area contributed by atoms with Crippen molar-refractivity contribution in [2.75, 3.05) is 25.2 Å². The number of nitrogens with zero attached hydrogens (tertiary/aromatic N) is 2. The highest BCUT2D eigenvalue weighted by Gasteiger charge is 2.43. The highest BCUT2D eigenvalue weighted by atomic mass is 32.2. The van der Waals surface area contributed by atoms with Gasteiger partial charge in [0.2, 0.25) is 0 Å². The van der Waals surface area contributed by atoms with Crippen LogP contribution < -0.4 is 9.47 Å². The standard InChI is InChI=1S/C21H22N2O6S/c1-4-29-18-6-5-14(10-19(18)28-3)9-16-13(2)17(11-22)21(25)23(20(16)24)15-7-8-30(26,27)12-15/h5-6,9-10,15H,4,7-8,12H2,1-3H3/b16-9-/t15-/m0/s1. The Balaban J connectivity index is 2.07. The molecule has 2 aliphatic rings. The lowest BCUT2D eigenvalue weighted by Gasteiger charge is -2.31. The monoisotopic (exact) mass is 430 g/mol. The number of hydrogen-bond donors (Lipinski definition) is 0. The lowest BCUT2D eigenvalue weighted by Crippen LogP contribution is -2.49. The predicted octanol–water partition coefficient (Wildman–Crippen LogP) is 1.87. The zero-order valence-electron chi connectivity index (χ0n) is 17.0. The average Bonchev–Trinajstić information content (AvgIpc) is 3.06. The lowest BCUT2D eigenvalue weighted by atomic mass is 9.92. The van der Waals surface area contributed by atoms with Crippen LogP contribution >= 0.6 is 0 Å². The second-order valence-corrected chi connectivity index (χ2v) is 9.28. The maximum Gasteiger partial charge on any atom is 0.271 e. The van der Waals surface area contributed by atoms with Crippen LogP contribution in [0, 0.1) is 11.3 Å². The van der Waals surface area contributed by atoms with Crippen LogP contribution in [0.25, 0.3) is 6.08 Å². The fourth-order valence-corrected chi connectivity index (χ4v) is 5.33. The first kappa shape index (κ1) is 21.6. The number of ether oxygens (including phenoxy) is 2. The van der Waals surface area contributed by atoms with E-state index in [9.17, 15) is 23.3 Å². The minimum absolute atomic E-state index is 0.0888. The van der Waals surface area contributed by atoms with Gasteiger partial charge in [-0.1, -0.05) is 6.07 Å². The Morgan fingerprint density at radius 1 is 1.27 bits per heavy atom. The van der Waals surface area contributed by atoms with Crippen molar-refractivity contribution < 1.29 is 27.5 Å². The molecule has 0 spiro atoms. The Hall–Kier alpha value is -3.12. The number of benzene rings is 1. The molecular weight excluding hydrogens is 408 g/mol. The van der Waals surface area contributed by atoms with Crippen LogP contribution in [-0.2, 0) is 19.4 Å². The van der Waals surface area contributed by atoms with Crippen LogP contribution in [0.1, 0.15) is 25.8 Å². The molecule has 1 fully saturated rings. The molecule has 0 N–H and O–H groups in total. The van der Waals surface area contributed by atoms with Crippen molar-refractivity contribution in [1.82, 2.24) is 4.90 Å². The van der Waals surface area contributed by atoms with Gasteiger partial charge in [-0.05, 0) is 49.6 Å². The number of methoxy groups -OCH3 is 1. The van der Waals surface area contributed by atoms with Crippen molar-refractivity contribution in [1.29, 1.82) is 5.26 Å². The second kappa shape index (κ2) is 8.32. The summed E-state index contributed by atoms with van der Waals surface area (Å²) in [5.41, 5.74) is 0.880. The summed E-state index contributed by atoms with van der Waals surface area (Å²) in [4.78, 5) is 26.9. The summed E-state index contributed by atoms with van der Waals surface area (Å²) < 4.78 is 34.6. The average molecular weight is 430 g/mol. The highest BCUT2D eigenvalue weighted by molar-refractivity contribution is 7.91. The highest BCUT2D eigenvalue weighted by Crippen LogP contribution is 2.33. The van der Waals surface area contributed by atoms with Gasteiger partial charge in [-0.15, -0.1) is 0 Å². The number of carbonyl (C=O) groups is 2. The zero-order chi connectivity index (χ0) is 22.1. The summed E-state index contributed by atoms with van der Waals surface area (Å²) in [6.07, 6.45) is 1.73. The summed E-state index contributed by atoms with van der Waals surface area (Å²) >= 11 is 0. The number of sulfone groups is 1. The van der Waals surface area contributed by atoms with Crippen molar-refractivity contribution in [2.45, 2.75) is 26.3 Å². The van der Waals surface area contributed by atoms with E-state index in [0.717, 1.165) is 4.90 Å². The SMILES string of the molecule is CCOc1ccc(/C=C2\C(=O)N([C@H]3CCS(=O)(=O)C3)C(=O)C(C#N)=C2C)cc1OC. The fourth-order valence-electron chi connectivity index (χ4n) is 3.63. The first-order chi connectivity index (χ1) is 14.2. The van der Waals surface area contributed by atoms with Crippen LogP contribution in [0.2, 0.25) is 0 Å². The fraction of sp³-hybridized carbons (Fsp3) is 0.381. The quantitative estimate of drug-likeness (QED) is 0.517. The summed E-state index contributed by atoms with van der Waals surface area (Å²) in [5.74, 6) is -0.697. The minimum atomic E-state index is -3.32. The molecule has 9 heteroatoms. The molecule has 1 atom stereocenters. The maximum absolute atomic E-state index is 13.2. The molecule has 0 radical (unpaired) electrons. The van der Waals surface area contributed by atoms with Gasteiger partial charge in [0.15, 0.2) is 21.3 Å². The Morgan fingerprint density at radius 3 is 2.57 bits per heavy atom. The van der Waals surface area contributed by atoms with Crippen LogP contribution in [0.15, 0.2) is 34.9 Å². The molecule has 0 unspecified atom stereocenters. The van der Waals surface area contributed by atoms with E-state index in [1.807, 2.05) is 13.0 Å². The van der Waals surface area contributed by atoms with E-state index < -0.39 is 27.7 Å². The molecule has 30 heavy (non-hydrogen) atoms. The molecule has 2 amide bonds. The van der Waals surface area contributed by atoms with Gasteiger partial charge in [0.25, 0.3) is 11.8 Å². The molecule has 1 aromatic carbocycles. The van der Waals surface area contributed by atoms with Gasteiger partial charge in [0, 0.05) is 5.57 Å². The van der Waals surface area contributed by atoms with E-state index in [4.69, 9.17) is 9.47 Å². The van der Waals surface area contributed by atoms with Gasteiger partial charge in [-0.2, -0.15) is 5.26 Å². The minimum Gasteiger partial charge on any atom is -0.493 e. The molecule has 0 aromatic heterocycles. The summed E-state index contributed by atoms with van der Waals surface area (Å²) in [6.45, 7) is 3.85. The Kier molecular flexibility index (Phi) is 5.99. The molecule has 3 rings (SSSR count). The first-order valence-corrected chi connectivity index (χ1v) is 11.3. The van der Waals surface area contributed by atoms with Gasteiger partial charge in [0.05, 0.1) is 31.3 Å². The third-order valence-electron chi connectivity index (χ3n) is 5.14. The van der Waals surface area contributed by atoms with Crippen molar-refractivity contribution in [2.24, 2.45) is 0 Å². The van der Waals surface area contributed by atoms with Crippen LogP contribution in [0.3, 0.4) is 0 Å². The molecule has 8 nitrogen and oxygen atoms in total. The van der Waals surface area contributed by atoms with Crippen LogP contribution in [0.4, 0.5) is 0 Å². The Morgan fingerprint density at radius 2 is 2.00 bits per heavy atom. The van der Waals surface area contributed by atoms with Gasteiger partial charge in [-0.25, -0.2) is 8.42 Å². The third kappa shape index (κ3) is 3.96. The summed E-state index contributed by atoms with van der Waals surface area (Å²) in [5, 5.41) is 9.49. The molecule has 2 aliphatic heterocycles. The topological polar surface area (TPSA) is 114 Å². The van der Waals surface area contributed by atoms with Crippen molar-refractivity contribution in [3.63, 3.8) is 0 Å². The molecule has 1 saturated heterocycles. The zero-order valence-corrected chi connectivity index (χ0v) is 17.8. The predicted molar refractivity (Wildman–Crippen MR) is 109 cm³/mol. The number of hydrogen-bond acceptors (Lipinski definition) is 7. The summed E-state index contributed by atoms with van der Waals surface area (Å²) in [6, 6.07) is 6.21. The van der Waals surface area contributed by atoms with Gasteiger partial charge in [-0.3, -0.25) is 14.5 Å². The first-order valence-electron chi connectivity index (χ1n) is 9.44. The number of amides is 2. The van der Waals surface area contributed by atoms with E-state index in [-0.39, 0.29) is 34.6 Å². The van der Waals surface area contributed by atoms with Crippen molar-refractivity contribution >= 4 is 27.7 Å². The van der Waals surface area contributed by atoms with Crippen molar-refractivity contribution in [3.8, 4) is 17.6 Å². The Bertz CT molecular complexity index is 1110. The van der Waals surface area contributed by atoms with Gasteiger partial charge >= 0.3 is 0 Å². The van der Waals surface area contributed by atoms with Crippen LogP contribution in [-0.4, -0.2) is 56.4 Å². The van der Waals surface area contributed by atoms with Gasteiger partial charge < -0.3 is 9.47 Å². The van der Waals surface area contributed by atoms with Crippen LogP contribution in [0.5, 0.6) is 11.5 Å². The lowest BCUT2D eigenvalue weighted by molar-refractivity contribution is -0.142.